The summed E-state index contributed by atoms with van der Waals surface area (Å²) in [6, 6.07) is 0.398. The molecule has 1 rings (SSSR count). The van der Waals surface area contributed by atoms with Crippen LogP contribution >= 0.6 is 0 Å². The molecule has 114 valence electrons. The number of anilines is 2. The van der Waals surface area contributed by atoms with E-state index in [1.54, 1.807) is 7.05 Å². The molecule has 0 aromatic carbocycles. The van der Waals surface area contributed by atoms with Gasteiger partial charge >= 0.3 is 6.01 Å². The fourth-order valence-electron chi connectivity index (χ4n) is 1.83. The SMILES string of the molecule is CCN(CC)c1nc(NC)nc(OCCCC(C)C)n1. The zero-order chi connectivity index (χ0) is 15.0. The van der Waals surface area contributed by atoms with Crippen molar-refractivity contribution >= 4 is 11.9 Å². The van der Waals surface area contributed by atoms with E-state index in [0.29, 0.717) is 30.4 Å². The number of ether oxygens (including phenoxy) is 1. The van der Waals surface area contributed by atoms with E-state index in [1.165, 1.54) is 0 Å². The van der Waals surface area contributed by atoms with Gasteiger partial charge in [-0.1, -0.05) is 13.8 Å². The lowest BCUT2D eigenvalue weighted by molar-refractivity contribution is 0.275. The normalized spacial score (nSPS) is 10.7. The van der Waals surface area contributed by atoms with Crippen LogP contribution in [0.1, 0.15) is 40.5 Å². The van der Waals surface area contributed by atoms with E-state index in [-0.39, 0.29) is 0 Å². The van der Waals surface area contributed by atoms with Crippen molar-refractivity contribution in [2.24, 2.45) is 5.92 Å². The molecular weight excluding hydrogens is 254 g/mol. The van der Waals surface area contributed by atoms with Crippen molar-refractivity contribution in [3.05, 3.63) is 0 Å². The zero-order valence-corrected chi connectivity index (χ0v) is 13.3. The summed E-state index contributed by atoms with van der Waals surface area (Å²) < 4.78 is 5.65. The van der Waals surface area contributed by atoms with E-state index in [1.807, 2.05) is 0 Å². The Labute approximate surface area is 122 Å². The molecule has 0 radical (unpaired) electrons. The van der Waals surface area contributed by atoms with Crippen molar-refractivity contribution in [2.45, 2.75) is 40.5 Å². The van der Waals surface area contributed by atoms with Crippen LogP contribution in [0, 0.1) is 5.92 Å². The zero-order valence-electron chi connectivity index (χ0n) is 13.3. The maximum absolute atomic E-state index is 5.65. The molecule has 1 N–H and O–H groups in total. The number of nitrogens with zero attached hydrogens (tertiary/aromatic N) is 4. The van der Waals surface area contributed by atoms with E-state index >= 15 is 0 Å². The molecule has 1 aromatic heterocycles. The van der Waals surface area contributed by atoms with E-state index in [2.05, 4.69) is 52.9 Å². The Morgan fingerprint density at radius 3 is 2.40 bits per heavy atom. The minimum atomic E-state index is 0.398. The summed E-state index contributed by atoms with van der Waals surface area (Å²) in [6.07, 6.45) is 2.16. The predicted molar refractivity (Wildman–Crippen MR) is 82.5 cm³/mol. The number of rotatable bonds is 9. The summed E-state index contributed by atoms with van der Waals surface area (Å²) in [7, 11) is 1.80. The summed E-state index contributed by atoms with van der Waals surface area (Å²) in [6.45, 7) is 10.9. The third-order valence-electron chi connectivity index (χ3n) is 3.03. The van der Waals surface area contributed by atoms with Crippen LogP contribution in [0.5, 0.6) is 6.01 Å². The van der Waals surface area contributed by atoms with Gasteiger partial charge < -0.3 is 15.0 Å². The summed E-state index contributed by atoms with van der Waals surface area (Å²) in [5, 5.41) is 2.95. The highest BCUT2D eigenvalue weighted by molar-refractivity contribution is 5.37. The number of hydrogen-bond acceptors (Lipinski definition) is 6. The van der Waals surface area contributed by atoms with Gasteiger partial charge in [0.2, 0.25) is 11.9 Å². The van der Waals surface area contributed by atoms with Crippen molar-refractivity contribution in [3.63, 3.8) is 0 Å². The average Bonchev–Trinajstić information content (AvgIpc) is 2.44. The summed E-state index contributed by atoms with van der Waals surface area (Å²) >= 11 is 0. The van der Waals surface area contributed by atoms with Gasteiger partial charge in [-0.2, -0.15) is 15.0 Å². The third-order valence-corrected chi connectivity index (χ3v) is 3.03. The van der Waals surface area contributed by atoms with Crippen LogP contribution in [0.2, 0.25) is 0 Å². The van der Waals surface area contributed by atoms with Crippen molar-refractivity contribution < 1.29 is 4.74 Å². The van der Waals surface area contributed by atoms with Gasteiger partial charge in [0.15, 0.2) is 0 Å². The Balaban J connectivity index is 2.72. The topological polar surface area (TPSA) is 63.2 Å². The molecule has 0 aliphatic heterocycles. The Bertz CT molecular complexity index is 393. The van der Waals surface area contributed by atoms with Crippen molar-refractivity contribution in [3.8, 4) is 6.01 Å². The fraction of sp³-hybridized carbons (Fsp3) is 0.786. The second-order valence-corrected chi connectivity index (χ2v) is 5.05. The molecule has 0 bridgehead atoms. The van der Waals surface area contributed by atoms with E-state index in [9.17, 15) is 0 Å². The lowest BCUT2D eigenvalue weighted by Gasteiger charge is -2.19. The van der Waals surface area contributed by atoms with Gasteiger partial charge in [0.25, 0.3) is 0 Å². The van der Waals surface area contributed by atoms with Gasteiger partial charge in [-0.05, 0) is 32.6 Å². The largest absolute Gasteiger partial charge is 0.463 e. The first kappa shape index (κ1) is 16.5. The molecule has 0 saturated heterocycles. The Kier molecular flexibility index (Phi) is 7.04. The third kappa shape index (κ3) is 5.19. The molecule has 0 fully saturated rings. The maximum atomic E-state index is 5.65. The minimum absolute atomic E-state index is 0.398. The van der Waals surface area contributed by atoms with Crippen molar-refractivity contribution in [1.29, 1.82) is 0 Å². The summed E-state index contributed by atoms with van der Waals surface area (Å²) in [5.74, 6) is 1.89. The smallest absolute Gasteiger partial charge is 0.323 e. The van der Waals surface area contributed by atoms with Crippen LogP contribution in [0.4, 0.5) is 11.9 Å². The highest BCUT2D eigenvalue weighted by atomic mass is 16.5. The Morgan fingerprint density at radius 1 is 1.15 bits per heavy atom. The highest BCUT2D eigenvalue weighted by Gasteiger charge is 2.11. The molecule has 0 saturated carbocycles. The van der Waals surface area contributed by atoms with Gasteiger partial charge in [-0.15, -0.1) is 0 Å². The van der Waals surface area contributed by atoms with Gasteiger partial charge in [-0.3, -0.25) is 0 Å². The first-order valence-corrected chi connectivity index (χ1v) is 7.42. The number of hydrogen-bond donors (Lipinski definition) is 1. The molecule has 1 aromatic rings. The molecule has 0 aliphatic carbocycles. The van der Waals surface area contributed by atoms with Crippen LogP contribution in [-0.4, -0.2) is 41.7 Å². The average molecular weight is 281 g/mol. The molecule has 6 heteroatoms. The van der Waals surface area contributed by atoms with Crippen LogP contribution in [0.3, 0.4) is 0 Å². The van der Waals surface area contributed by atoms with E-state index in [0.717, 1.165) is 25.9 Å². The van der Waals surface area contributed by atoms with E-state index in [4.69, 9.17) is 4.74 Å². The molecule has 0 spiro atoms. The first-order chi connectivity index (χ1) is 9.60. The van der Waals surface area contributed by atoms with Gasteiger partial charge in [0.1, 0.15) is 0 Å². The lowest BCUT2D eigenvalue weighted by Crippen LogP contribution is -2.25. The highest BCUT2D eigenvalue weighted by Crippen LogP contribution is 2.15. The fourth-order valence-corrected chi connectivity index (χ4v) is 1.83. The van der Waals surface area contributed by atoms with Crippen LogP contribution in [-0.2, 0) is 0 Å². The van der Waals surface area contributed by atoms with Gasteiger partial charge in [-0.25, -0.2) is 0 Å². The standard InChI is InChI=1S/C14H27N5O/c1-6-19(7-2)13-16-12(15-5)17-14(18-13)20-10-8-9-11(3)4/h11H,6-10H2,1-5H3,(H,15,16,17,18). The molecular formula is C14H27N5O. The molecule has 6 nitrogen and oxygen atoms in total. The van der Waals surface area contributed by atoms with E-state index < -0.39 is 0 Å². The molecule has 0 unspecified atom stereocenters. The molecule has 0 atom stereocenters. The van der Waals surface area contributed by atoms with Crippen molar-refractivity contribution in [2.75, 3.05) is 37.0 Å². The van der Waals surface area contributed by atoms with Crippen LogP contribution < -0.4 is 15.0 Å². The summed E-state index contributed by atoms with van der Waals surface area (Å²) in [5.41, 5.74) is 0. The first-order valence-electron chi connectivity index (χ1n) is 7.42. The second-order valence-electron chi connectivity index (χ2n) is 5.05. The number of nitrogens with one attached hydrogen (secondary N) is 1. The predicted octanol–water partition coefficient (Wildman–Crippen LogP) is 2.57. The second kappa shape index (κ2) is 8.55. The van der Waals surface area contributed by atoms with Crippen LogP contribution in [0.25, 0.3) is 0 Å². The molecule has 1 heterocycles. The Hall–Kier alpha value is -1.59. The lowest BCUT2D eigenvalue weighted by atomic mass is 10.1. The number of aromatic nitrogens is 3. The Morgan fingerprint density at radius 2 is 1.85 bits per heavy atom. The molecule has 0 amide bonds. The molecule has 0 aliphatic rings. The maximum Gasteiger partial charge on any atom is 0.323 e. The van der Waals surface area contributed by atoms with Gasteiger partial charge in [0.05, 0.1) is 6.61 Å². The monoisotopic (exact) mass is 281 g/mol. The quantitative estimate of drug-likeness (QED) is 0.702. The minimum Gasteiger partial charge on any atom is -0.463 e. The van der Waals surface area contributed by atoms with Crippen LogP contribution in [0.15, 0.2) is 0 Å². The summed E-state index contributed by atoms with van der Waals surface area (Å²) in [4.78, 5) is 15.1. The molecule has 20 heavy (non-hydrogen) atoms. The van der Waals surface area contributed by atoms with Crippen molar-refractivity contribution in [1.82, 2.24) is 15.0 Å². The van der Waals surface area contributed by atoms with Gasteiger partial charge in [0, 0.05) is 20.1 Å².